The number of aryl methyl sites for hydroxylation is 1. The van der Waals surface area contributed by atoms with E-state index < -0.39 is 17.8 Å². The number of aromatic nitrogens is 1. The molecular weight excluding hydrogens is 293 g/mol. The summed E-state index contributed by atoms with van der Waals surface area (Å²) in [6, 6.07) is 2.88. The van der Waals surface area contributed by atoms with E-state index in [-0.39, 0.29) is 5.69 Å². The molecule has 0 spiro atoms. The van der Waals surface area contributed by atoms with Crippen LogP contribution >= 0.6 is 11.3 Å². The van der Waals surface area contributed by atoms with Gasteiger partial charge >= 0.3 is 12.3 Å². The average Bonchev–Trinajstić information content (AvgIpc) is 2.73. The van der Waals surface area contributed by atoms with Crippen LogP contribution in [-0.2, 0) is 6.18 Å². The predicted octanol–water partition coefficient (Wildman–Crippen LogP) is 4.23. The Hall–Kier alpha value is -2.09. The van der Waals surface area contributed by atoms with Crippen molar-refractivity contribution >= 4 is 23.1 Å². The van der Waals surface area contributed by atoms with Crippen molar-refractivity contribution in [3.05, 3.63) is 34.8 Å². The molecule has 0 aliphatic carbocycles. The van der Waals surface area contributed by atoms with Crippen LogP contribution in [-0.4, -0.2) is 16.2 Å². The van der Waals surface area contributed by atoms with Gasteiger partial charge in [-0.25, -0.2) is 9.78 Å². The quantitative estimate of drug-likeness (QED) is 0.872. The van der Waals surface area contributed by atoms with Crippen molar-refractivity contribution in [1.82, 2.24) is 4.98 Å². The van der Waals surface area contributed by atoms with Crippen molar-refractivity contribution in [2.45, 2.75) is 13.1 Å². The highest BCUT2D eigenvalue weighted by atomic mass is 32.1. The monoisotopic (exact) mass is 302 g/mol. The minimum Gasteiger partial charge on any atom is -0.465 e. The summed E-state index contributed by atoms with van der Waals surface area (Å²) in [6.45, 7) is 1.80. The van der Waals surface area contributed by atoms with Crippen molar-refractivity contribution in [3.8, 4) is 10.6 Å². The minimum atomic E-state index is -4.54. The number of thiazole rings is 1. The molecule has 0 saturated heterocycles. The number of amides is 1. The number of hydrogen-bond acceptors (Lipinski definition) is 3. The van der Waals surface area contributed by atoms with Crippen LogP contribution in [0.25, 0.3) is 10.6 Å². The van der Waals surface area contributed by atoms with E-state index >= 15 is 0 Å². The first-order valence-corrected chi connectivity index (χ1v) is 6.23. The number of rotatable bonds is 2. The third-order valence-corrected chi connectivity index (χ3v) is 3.39. The van der Waals surface area contributed by atoms with Crippen LogP contribution in [0.5, 0.6) is 0 Å². The lowest BCUT2D eigenvalue weighted by molar-refractivity contribution is -0.137. The number of benzene rings is 1. The largest absolute Gasteiger partial charge is 0.465 e. The number of halogens is 3. The van der Waals surface area contributed by atoms with Gasteiger partial charge < -0.3 is 5.11 Å². The molecule has 0 saturated carbocycles. The molecule has 1 amide bonds. The molecule has 106 valence electrons. The van der Waals surface area contributed by atoms with Gasteiger partial charge in [0.1, 0.15) is 5.01 Å². The van der Waals surface area contributed by atoms with E-state index in [1.807, 2.05) is 5.32 Å². The molecule has 1 heterocycles. The minimum absolute atomic E-state index is 0.137. The normalized spacial score (nSPS) is 11.4. The zero-order valence-electron chi connectivity index (χ0n) is 10.2. The van der Waals surface area contributed by atoms with Crippen molar-refractivity contribution in [2.24, 2.45) is 0 Å². The Morgan fingerprint density at radius 2 is 2.10 bits per heavy atom. The number of alkyl halides is 3. The van der Waals surface area contributed by atoms with E-state index in [2.05, 4.69) is 4.98 Å². The molecule has 0 aliphatic rings. The summed E-state index contributed by atoms with van der Waals surface area (Å²) in [5.41, 5.74) is -0.738. The van der Waals surface area contributed by atoms with Gasteiger partial charge in [-0.1, -0.05) is 0 Å². The van der Waals surface area contributed by atoms with Crippen molar-refractivity contribution < 1.29 is 23.1 Å². The third kappa shape index (κ3) is 3.08. The Morgan fingerprint density at radius 3 is 2.60 bits per heavy atom. The maximum atomic E-state index is 12.7. The van der Waals surface area contributed by atoms with Gasteiger partial charge in [0.2, 0.25) is 0 Å². The third-order valence-electron chi connectivity index (χ3n) is 2.44. The first-order valence-electron chi connectivity index (χ1n) is 5.41. The van der Waals surface area contributed by atoms with E-state index in [1.54, 1.807) is 13.1 Å². The van der Waals surface area contributed by atoms with Crippen LogP contribution < -0.4 is 5.32 Å². The van der Waals surface area contributed by atoms with Crippen LogP contribution in [0.1, 0.15) is 10.4 Å². The zero-order valence-corrected chi connectivity index (χ0v) is 11.0. The van der Waals surface area contributed by atoms with Crippen molar-refractivity contribution in [2.75, 3.05) is 5.32 Å². The van der Waals surface area contributed by atoms with Gasteiger partial charge in [-0.15, -0.1) is 11.3 Å². The van der Waals surface area contributed by atoms with Gasteiger partial charge in [0.25, 0.3) is 0 Å². The van der Waals surface area contributed by atoms with Crippen LogP contribution in [0.2, 0.25) is 0 Å². The molecular formula is C12H9F3N2O2S. The molecule has 2 rings (SSSR count). The summed E-state index contributed by atoms with van der Waals surface area (Å²) in [7, 11) is 0. The highest BCUT2D eigenvalue weighted by molar-refractivity contribution is 7.15. The Bertz CT molecular complexity index is 652. The fourth-order valence-corrected chi connectivity index (χ4v) is 2.41. The van der Waals surface area contributed by atoms with Crippen LogP contribution in [0.4, 0.5) is 23.7 Å². The van der Waals surface area contributed by atoms with Crippen LogP contribution in [0, 0.1) is 6.92 Å². The van der Waals surface area contributed by atoms with Crippen molar-refractivity contribution in [1.29, 1.82) is 0 Å². The first-order chi connectivity index (χ1) is 9.27. The number of carbonyl (C=O) groups is 1. The summed E-state index contributed by atoms with van der Waals surface area (Å²) >= 11 is 1.27. The SMILES string of the molecule is Cc1cnc(-c2ccc(C(F)(F)F)cc2NC(=O)O)s1. The van der Waals surface area contributed by atoms with Gasteiger partial charge in [-0.3, -0.25) is 5.32 Å². The summed E-state index contributed by atoms with van der Waals surface area (Å²) < 4.78 is 38.0. The molecule has 0 atom stereocenters. The maximum Gasteiger partial charge on any atom is 0.416 e. The topological polar surface area (TPSA) is 62.2 Å². The Morgan fingerprint density at radius 1 is 1.40 bits per heavy atom. The second-order valence-corrected chi connectivity index (χ2v) is 5.20. The fourth-order valence-electron chi connectivity index (χ4n) is 1.60. The summed E-state index contributed by atoms with van der Waals surface area (Å²) in [5.74, 6) is 0. The second kappa shape index (κ2) is 5.12. The van der Waals surface area contributed by atoms with E-state index in [0.29, 0.717) is 10.6 Å². The lowest BCUT2D eigenvalue weighted by Gasteiger charge is -2.12. The Balaban J connectivity index is 2.53. The lowest BCUT2D eigenvalue weighted by atomic mass is 10.1. The standard InChI is InChI=1S/C12H9F3N2O2S/c1-6-5-16-10(20-6)8-3-2-7(12(13,14)15)4-9(8)17-11(18)19/h2-5,17H,1H3,(H,18,19). The van der Waals surface area contributed by atoms with E-state index in [4.69, 9.17) is 5.11 Å². The maximum absolute atomic E-state index is 12.7. The van der Waals surface area contributed by atoms with Crippen LogP contribution in [0.3, 0.4) is 0 Å². The first kappa shape index (κ1) is 14.3. The molecule has 4 nitrogen and oxygen atoms in total. The molecule has 0 fully saturated rings. The summed E-state index contributed by atoms with van der Waals surface area (Å²) in [5, 5.41) is 11.2. The Kier molecular flexibility index (Phi) is 3.67. The highest BCUT2D eigenvalue weighted by Crippen LogP contribution is 2.37. The number of nitrogens with zero attached hydrogens (tertiary/aromatic N) is 1. The zero-order chi connectivity index (χ0) is 14.9. The molecule has 8 heteroatoms. The number of anilines is 1. The van der Waals surface area contributed by atoms with Gasteiger partial charge in [-0.2, -0.15) is 13.2 Å². The molecule has 0 bridgehead atoms. The smallest absolute Gasteiger partial charge is 0.416 e. The second-order valence-electron chi connectivity index (χ2n) is 3.96. The molecule has 20 heavy (non-hydrogen) atoms. The predicted molar refractivity (Wildman–Crippen MR) is 68.9 cm³/mol. The van der Waals surface area contributed by atoms with E-state index in [0.717, 1.165) is 17.0 Å². The molecule has 0 unspecified atom stereocenters. The average molecular weight is 302 g/mol. The van der Waals surface area contributed by atoms with E-state index in [1.165, 1.54) is 17.4 Å². The summed E-state index contributed by atoms with van der Waals surface area (Å²) in [6.07, 6.45) is -4.40. The van der Waals surface area contributed by atoms with Gasteiger partial charge in [0.15, 0.2) is 0 Å². The molecule has 2 aromatic rings. The number of hydrogen-bond donors (Lipinski definition) is 2. The lowest BCUT2D eigenvalue weighted by Crippen LogP contribution is -2.11. The summed E-state index contributed by atoms with van der Waals surface area (Å²) in [4.78, 5) is 15.6. The van der Waals surface area contributed by atoms with Crippen molar-refractivity contribution in [3.63, 3.8) is 0 Å². The number of nitrogens with one attached hydrogen (secondary N) is 1. The molecule has 1 aromatic heterocycles. The van der Waals surface area contributed by atoms with Gasteiger partial charge in [-0.05, 0) is 25.1 Å². The van der Waals surface area contributed by atoms with Gasteiger partial charge in [0, 0.05) is 16.6 Å². The highest BCUT2D eigenvalue weighted by Gasteiger charge is 2.31. The Labute approximate surface area is 115 Å². The fraction of sp³-hybridized carbons (Fsp3) is 0.167. The van der Waals surface area contributed by atoms with Gasteiger partial charge in [0.05, 0.1) is 11.3 Å². The molecule has 1 aromatic carbocycles. The van der Waals surface area contributed by atoms with E-state index in [9.17, 15) is 18.0 Å². The molecule has 0 radical (unpaired) electrons. The molecule has 0 aliphatic heterocycles. The number of carboxylic acid groups (broad SMARTS) is 1. The van der Waals surface area contributed by atoms with Crippen LogP contribution in [0.15, 0.2) is 24.4 Å². The molecule has 2 N–H and O–H groups in total.